The first-order valence-electron chi connectivity index (χ1n) is 9.10. The van der Waals surface area contributed by atoms with E-state index in [9.17, 15) is 4.79 Å². The molecule has 0 spiro atoms. The van der Waals surface area contributed by atoms with Gasteiger partial charge in [-0.15, -0.1) is 0 Å². The maximum atomic E-state index is 12.8. The molecule has 3 rings (SSSR count). The second-order valence-corrected chi connectivity index (χ2v) is 6.55. The van der Waals surface area contributed by atoms with E-state index in [1.54, 1.807) is 0 Å². The standard InChI is InChI=1S/C21H27N3O/c1-3-23-13-15-24(16-14-23)17(2)21(25)22-20-12-8-7-11-19(20)18-9-5-4-6-10-18/h4-12,17H,3,13-16H2,1-2H3,(H,22,25)/t17-/m1/s1. The second kappa shape index (κ2) is 8.28. The topological polar surface area (TPSA) is 35.6 Å². The maximum absolute atomic E-state index is 12.8. The van der Waals surface area contributed by atoms with Gasteiger partial charge >= 0.3 is 0 Å². The molecule has 2 aromatic carbocycles. The van der Waals surface area contributed by atoms with Crippen LogP contribution in [-0.4, -0.2) is 54.5 Å². The Morgan fingerprint density at radius 1 is 1.00 bits per heavy atom. The first-order valence-corrected chi connectivity index (χ1v) is 9.10. The van der Waals surface area contributed by atoms with Crippen molar-refractivity contribution in [3.63, 3.8) is 0 Å². The predicted octanol–water partition coefficient (Wildman–Crippen LogP) is 3.32. The smallest absolute Gasteiger partial charge is 0.241 e. The molecule has 0 unspecified atom stereocenters. The lowest BCUT2D eigenvalue weighted by molar-refractivity contribution is -0.121. The average Bonchev–Trinajstić information content (AvgIpc) is 2.68. The van der Waals surface area contributed by atoms with Crippen molar-refractivity contribution < 1.29 is 4.79 Å². The largest absolute Gasteiger partial charge is 0.324 e. The summed E-state index contributed by atoms with van der Waals surface area (Å²) in [6, 6.07) is 18.0. The lowest BCUT2D eigenvalue weighted by Gasteiger charge is -2.37. The third-order valence-electron chi connectivity index (χ3n) is 5.05. The number of anilines is 1. The van der Waals surface area contributed by atoms with Gasteiger partial charge < -0.3 is 10.2 Å². The summed E-state index contributed by atoms with van der Waals surface area (Å²) in [5.41, 5.74) is 3.04. The zero-order valence-electron chi connectivity index (χ0n) is 15.1. The van der Waals surface area contributed by atoms with Gasteiger partial charge in [-0.3, -0.25) is 9.69 Å². The van der Waals surface area contributed by atoms with Crippen molar-refractivity contribution in [2.45, 2.75) is 19.9 Å². The molecule has 0 radical (unpaired) electrons. The number of piperazine rings is 1. The second-order valence-electron chi connectivity index (χ2n) is 6.55. The average molecular weight is 337 g/mol. The van der Waals surface area contributed by atoms with Crippen molar-refractivity contribution in [1.82, 2.24) is 9.80 Å². The number of rotatable bonds is 5. The molecule has 1 fully saturated rings. The monoisotopic (exact) mass is 337 g/mol. The van der Waals surface area contributed by atoms with Crippen molar-refractivity contribution >= 4 is 11.6 Å². The van der Waals surface area contributed by atoms with Gasteiger partial charge in [0.05, 0.1) is 6.04 Å². The fourth-order valence-electron chi connectivity index (χ4n) is 3.33. The molecular weight excluding hydrogens is 310 g/mol. The lowest BCUT2D eigenvalue weighted by atomic mass is 10.0. The molecule has 1 aliphatic heterocycles. The van der Waals surface area contributed by atoms with Gasteiger partial charge in [-0.1, -0.05) is 55.5 Å². The number of hydrogen-bond acceptors (Lipinski definition) is 3. The number of likely N-dealkylation sites (N-methyl/N-ethyl adjacent to an activating group) is 1. The highest BCUT2D eigenvalue weighted by molar-refractivity contribution is 5.98. The van der Waals surface area contributed by atoms with Gasteiger partial charge in [0.25, 0.3) is 0 Å². The molecule has 0 bridgehead atoms. The highest BCUT2D eigenvalue weighted by Gasteiger charge is 2.25. The highest BCUT2D eigenvalue weighted by Crippen LogP contribution is 2.27. The molecule has 1 amide bonds. The third-order valence-corrected chi connectivity index (χ3v) is 5.05. The summed E-state index contributed by atoms with van der Waals surface area (Å²) in [6.07, 6.45) is 0. The molecule has 1 heterocycles. The lowest BCUT2D eigenvalue weighted by Crippen LogP contribution is -2.52. The third kappa shape index (κ3) is 4.27. The molecule has 1 N–H and O–H groups in total. The summed E-state index contributed by atoms with van der Waals surface area (Å²) < 4.78 is 0. The van der Waals surface area contributed by atoms with E-state index in [0.29, 0.717) is 0 Å². The van der Waals surface area contributed by atoms with E-state index in [-0.39, 0.29) is 11.9 Å². The molecule has 0 saturated carbocycles. The van der Waals surface area contributed by atoms with Crippen LogP contribution in [0.15, 0.2) is 54.6 Å². The molecule has 2 aromatic rings. The van der Waals surface area contributed by atoms with Crippen molar-refractivity contribution in [3.05, 3.63) is 54.6 Å². The summed E-state index contributed by atoms with van der Waals surface area (Å²) >= 11 is 0. The molecule has 1 aliphatic rings. The fraction of sp³-hybridized carbons (Fsp3) is 0.381. The normalized spacial score (nSPS) is 17.2. The van der Waals surface area contributed by atoms with E-state index in [1.165, 1.54) is 0 Å². The van der Waals surface area contributed by atoms with Crippen LogP contribution in [0.3, 0.4) is 0 Å². The molecule has 4 heteroatoms. The minimum atomic E-state index is -0.122. The van der Waals surface area contributed by atoms with Crippen LogP contribution in [-0.2, 0) is 4.79 Å². The number of para-hydroxylation sites is 1. The van der Waals surface area contributed by atoms with E-state index < -0.39 is 0 Å². The van der Waals surface area contributed by atoms with Gasteiger partial charge in [0, 0.05) is 37.4 Å². The van der Waals surface area contributed by atoms with Crippen LogP contribution in [0.2, 0.25) is 0 Å². The number of carbonyl (C=O) groups excluding carboxylic acids is 1. The minimum Gasteiger partial charge on any atom is -0.324 e. The quantitative estimate of drug-likeness (QED) is 0.909. The van der Waals surface area contributed by atoms with Gasteiger partial charge in [-0.25, -0.2) is 0 Å². The first kappa shape index (κ1) is 17.6. The Labute approximate surface area is 150 Å². The van der Waals surface area contributed by atoms with Crippen LogP contribution >= 0.6 is 0 Å². The van der Waals surface area contributed by atoms with Gasteiger partial charge in [-0.2, -0.15) is 0 Å². The van der Waals surface area contributed by atoms with Crippen LogP contribution in [0.5, 0.6) is 0 Å². The van der Waals surface area contributed by atoms with Gasteiger partial charge in [0.1, 0.15) is 0 Å². The molecule has 1 atom stereocenters. The van der Waals surface area contributed by atoms with Crippen molar-refractivity contribution in [3.8, 4) is 11.1 Å². The molecular formula is C21H27N3O. The van der Waals surface area contributed by atoms with Crippen LogP contribution < -0.4 is 5.32 Å². The Kier molecular flexibility index (Phi) is 5.84. The van der Waals surface area contributed by atoms with Crippen LogP contribution in [0.25, 0.3) is 11.1 Å². The van der Waals surface area contributed by atoms with E-state index >= 15 is 0 Å². The SMILES string of the molecule is CCN1CCN([C@H](C)C(=O)Nc2ccccc2-c2ccccc2)CC1. The van der Waals surface area contributed by atoms with E-state index in [4.69, 9.17) is 0 Å². The summed E-state index contributed by atoms with van der Waals surface area (Å²) in [7, 11) is 0. The Hall–Kier alpha value is -2.17. The van der Waals surface area contributed by atoms with Gasteiger partial charge in [0.15, 0.2) is 0 Å². The van der Waals surface area contributed by atoms with E-state index in [2.05, 4.69) is 40.2 Å². The molecule has 1 saturated heterocycles. The van der Waals surface area contributed by atoms with Crippen molar-refractivity contribution in [1.29, 1.82) is 0 Å². The predicted molar refractivity (Wildman–Crippen MR) is 104 cm³/mol. The minimum absolute atomic E-state index is 0.0633. The molecule has 25 heavy (non-hydrogen) atoms. The number of benzene rings is 2. The Balaban J connectivity index is 1.69. The zero-order valence-corrected chi connectivity index (χ0v) is 15.1. The summed E-state index contributed by atoms with van der Waals surface area (Å²) in [4.78, 5) is 17.5. The van der Waals surface area contributed by atoms with Crippen LogP contribution in [0.1, 0.15) is 13.8 Å². The number of nitrogens with one attached hydrogen (secondary N) is 1. The molecule has 132 valence electrons. The number of carbonyl (C=O) groups is 1. The van der Waals surface area contributed by atoms with Crippen LogP contribution in [0, 0.1) is 0 Å². The summed E-state index contributed by atoms with van der Waals surface area (Å²) in [5, 5.41) is 3.14. The molecule has 4 nitrogen and oxygen atoms in total. The van der Waals surface area contributed by atoms with E-state index in [0.717, 1.165) is 49.5 Å². The Morgan fingerprint density at radius 2 is 1.64 bits per heavy atom. The van der Waals surface area contributed by atoms with Crippen LogP contribution in [0.4, 0.5) is 5.69 Å². The summed E-state index contributed by atoms with van der Waals surface area (Å²) in [6.45, 7) is 9.24. The van der Waals surface area contributed by atoms with Crippen molar-refractivity contribution in [2.75, 3.05) is 38.0 Å². The van der Waals surface area contributed by atoms with Gasteiger partial charge in [-0.05, 0) is 25.1 Å². The summed E-state index contributed by atoms with van der Waals surface area (Å²) in [5.74, 6) is 0.0633. The van der Waals surface area contributed by atoms with Crippen molar-refractivity contribution in [2.24, 2.45) is 0 Å². The van der Waals surface area contributed by atoms with Gasteiger partial charge in [0.2, 0.25) is 5.91 Å². The fourth-order valence-corrected chi connectivity index (χ4v) is 3.33. The Bertz CT molecular complexity index is 693. The molecule has 0 aliphatic carbocycles. The number of nitrogens with zero attached hydrogens (tertiary/aromatic N) is 2. The number of hydrogen-bond donors (Lipinski definition) is 1. The molecule has 0 aromatic heterocycles. The maximum Gasteiger partial charge on any atom is 0.241 e. The van der Waals surface area contributed by atoms with E-state index in [1.807, 2.05) is 43.3 Å². The Morgan fingerprint density at radius 3 is 2.32 bits per heavy atom. The highest BCUT2D eigenvalue weighted by atomic mass is 16.2. The zero-order chi connectivity index (χ0) is 17.6. The number of amides is 1. The first-order chi connectivity index (χ1) is 12.2.